The largest absolute Gasteiger partial charge is 0.508 e. The molecule has 1 atom stereocenters. The molecule has 0 heterocycles. The van der Waals surface area contributed by atoms with Gasteiger partial charge in [-0.2, -0.15) is 0 Å². The molecule has 0 bridgehead atoms. The second kappa shape index (κ2) is 5.88. The van der Waals surface area contributed by atoms with Crippen LogP contribution < -0.4 is 5.32 Å². The summed E-state index contributed by atoms with van der Waals surface area (Å²) in [7, 11) is 0. The van der Waals surface area contributed by atoms with E-state index < -0.39 is 0 Å². The Morgan fingerprint density at radius 2 is 1.62 bits per heavy atom. The van der Waals surface area contributed by atoms with Gasteiger partial charge in [0.25, 0.3) is 0 Å². The Labute approximate surface area is 125 Å². The van der Waals surface area contributed by atoms with E-state index in [9.17, 15) is 5.11 Å². The number of fused-ring (bicyclic) bond motifs is 1. The van der Waals surface area contributed by atoms with Gasteiger partial charge in [-0.3, -0.25) is 0 Å². The van der Waals surface area contributed by atoms with E-state index in [2.05, 4.69) is 54.7 Å². The lowest BCUT2D eigenvalue weighted by Crippen LogP contribution is -2.09. The van der Waals surface area contributed by atoms with Gasteiger partial charge in [-0.05, 0) is 47.0 Å². The molecule has 0 amide bonds. The number of anilines is 1. The Bertz CT molecular complexity index is 734. The van der Waals surface area contributed by atoms with Crippen molar-refractivity contribution in [3.8, 4) is 5.75 Å². The molecule has 106 valence electrons. The zero-order valence-corrected chi connectivity index (χ0v) is 12.1. The molecule has 0 saturated heterocycles. The van der Waals surface area contributed by atoms with E-state index in [4.69, 9.17) is 0 Å². The van der Waals surface area contributed by atoms with Gasteiger partial charge in [0.1, 0.15) is 5.75 Å². The molecule has 0 aromatic heterocycles. The number of hydrogen-bond donors (Lipinski definition) is 2. The van der Waals surface area contributed by atoms with Crippen LogP contribution in [-0.2, 0) is 0 Å². The molecule has 1 unspecified atom stereocenters. The SMILES string of the molecule is CCC(Nc1ccc2ccccc2c1)c1ccc(O)cc1. The second-order valence-corrected chi connectivity index (χ2v) is 5.26. The average Bonchev–Trinajstić information content (AvgIpc) is 2.53. The maximum Gasteiger partial charge on any atom is 0.115 e. The lowest BCUT2D eigenvalue weighted by molar-refractivity contribution is 0.475. The average molecular weight is 277 g/mol. The van der Waals surface area contributed by atoms with Crippen LogP contribution in [0.15, 0.2) is 66.7 Å². The molecule has 0 aliphatic rings. The highest BCUT2D eigenvalue weighted by Gasteiger charge is 2.09. The van der Waals surface area contributed by atoms with Crippen LogP contribution >= 0.6 is 0 Å². The summed E-state index contributed by atoms with van der Waals surface area (Å²) in [6.07, 6.45) is 0.984. The normalized spacial score (nSPS) is 12.2. The minimum atomic E-state index is 0.242. The van der Waals surface area contributed by atoms with Gasteiger partial charge in [0, 0.05) is 5.69 Å². The second-order valence-electron chi connectivity index (χ2n) is 5.26. The van der Waals surface area contributed by atoms with Crippen molar-refractivity contribution in [1.29, 1.82) is 0 Å². The number of benzene rings is 3. The Morgan fingerprint density at radius 1 is 0.905 bits per heavy atom. The van der Waals surface area contributed by atoms with Crippen molar-refractivity contribution in [3.05, 3.63) is 72.3 Å². The highest BCUT2D eigenvalue weighted by molar-refractivity contribution is 5.85. The van der Waals surface area contributed by atoms with Crippen molar-refractivity contribution in [3.63, 3.8) is 0 Å². The van der Waals surface area contributed by atoms with Gasteiger partial charge in [0.15, 0.2) is 0 Å². The van der Waals surface area contributed by atoms with E-state index in [1.54, 1.807) is 12.1 Å². The zero-order chi connectivity index (χ0) is 14.7. The highest BCUT2D eigenvalue weighted by atomic mass is 16.3. The Morgan fingerprint density at radius 3 is 2.33 bits per heavy atom. The van der Waals surface area contributed by atoms with Gasteiger partial charge in [-0.1, -0.05) is 49.4 Å². The monoisotopic (exact) mass is 277 g/mol. The van der Waals surface area contributed by atoms with Gasteiger partial charge in [0.05, 0.1) is 6.04 Å². The van der Waals surface area contributed by atoms with Crippen LogP contribution in [-0.4, -0.2) is 5.11 Å². The first-order valence-corrected chi connectivity index (χ1v) is 7.30. The summed E-state index contributed by atoms with van der Waals surface area (Å²) in [4.78, 5) is 0. The summed E-state index contributed by atoms with van der Waals surface area (Å²) in [5, 5.41) is 15.5. The maximum absolute atomic E-state index is 9.40. The van der Waals surface area contributed by atoms with E-state index in [1.807, 2.05) is 12.1 Å². The number of phenolic OH excluding ortho intramolecular Hbond substituents is 1. The molecular weight excluding hydrogens is 258 g/mol. The molecule has 3 rings (SSSR count). The van der Waals surface area contributed by atoms with Gasteiger partial charge < -0.3 is 10.4 Å². The molecule has 3 aromatic rings. The van der Waals surface area contributed by atoms with Crippen molar-refractivity contribution in [1.82, 2.24) is 0 Å². The predicted octanol–water partition coefficient (Wildman–Crippen LogP) is 5.11. The van der Waals surface area contributed by atoms with Crippen molar-refractivity contribution in [2.45, 2.75) is 19.4 Å². The van der Waals surface area contributed by atoms with Crippen molar-refractivity contribution in [2.75, 3.05) is 5.32 Å². The minimum Gasteiger partial charge on any atom is -0.508 e. The Balaban J connectivity index is 1.86. The topological polar surface area (TPSA) is 32.3 Å². The minimum absolute atomic E-state index is 0.242. The van der Waals surface area contributed by atoms with Crippen molar-refractivity contribution in [2.24, 2.45) is 0 Å². The summed E-state index contributed by atoms with van der Waals surface area (Å²) in [5.74, 6) is 0.305. The molecule has 0 aliphatic heterocycles. The summed E-state index contributed by atoms with van der Waals surface area (Å²) in [6, 6.07) is 22.5. The summed E-state index contributed by atoms with van der Waals surface area (Å²) >= 11 is 0. The molecule has 0 saturated carbocycles. The first kappa shape index (κ1) is 13.5. The molecule has 0 fully saturated rings. The van der Waals surface area contributed by atoms with Crippen molar-refractivity contribution >= 4 is 16.5 Å². The molecule has 0 spiro atoms. The van der Waals surface area contributed by atoms with Gasteiger partial charge >= 0.3 is 0 Å². The molecule has 2 nitrogen and oxygen atoms in total. The van der Waals surface area contributed by atoms with Gasteiger partial charge in [0.2, 0.25) is 0 Å². The van der Waals surface area contributed by atoms with Crippen LogP contribution in [0.4, 0.5) is 5.69 Å². The summed E-state index contributed by atoms with van der Waals surface area (Å²) in [6.45, 7) is 2.16. The lowest BCUT2D eigenvalue weighted by Gasteiger charge is -2.19. The molecule has 0 radical (unpaired) electrons. The molecule has 0 aliphatic carbocycles. The quantitative estimate of drug-likeness (QED) is 0.694. The van der Waals surface area contributed by atoms with E-state index in [0.29, 0.717) is 5.75 Å². The third kappa shape index (κ3) is 3.00. The number of hydrogen-bond acceptors (Lipinski definition) is 2. The van der Waals surface area contributed by atoms with E-state index >= 15 is 0 Å². The van der Waals surface area contributed by atoms with Crippen LogP contribution in [0.25, 0.3) is 10.8 Å². The summed E-state index contributed by atoms with van der Waals surface area (Å²) < 4.78 is 0. The number of rotatable bonds is 4. The number of nitrogens with one attached hydrogen (secondary N) is 1. The molecule has 3 aromatic carbocycles. The molecule has 2 heteroatoms. The summed E-state index contributed by atoms with van der Waals surface area (Å²) in [5.41, 5.74) is 2.30. The maximum atomic E-state index is 9.40. The third-order valence-electron chi connectivity index (χ3n) is 3.79. The highest BCUT2D eigenvalue weighted by Crippen LogP contribution is 2.26. The molecule has 21 heavy (non-hydrogen) atoms. The molecular formula is C19H19NO. The smallest absolute Gasteiger partial charge is 0.115 e. The number of phenols is 1. The van der Waals surface area contributed by atoms with Crippen LogP contribution in [0.3, 0.4) is 0 Å². The van der Waals surface area contributed by atoms with E-state index in [0.717, 1.165) is 12.1 Å². The molecule has 2 N–H and O–H groups in total. The lowest BCUT2D eigenvalue weighted by atomic mass is 10.0. The van der Waals surface area contributed by atoms with Gasteiger partial charge in [-0.15, -0.1) is 0 Å². The van der Waals surface area contributed by atoms with Crippen LogP contribution in [0.1, 0.15) is 24.9 Å². The Kier molecular flexibility index (Phi) is 3.78. The van der Waals surface area contributed by atoms with E-state index in [-0.39, 0.29) is 6.04 Å². The Hall–Kier alpha value is -2.48. The predicted molar refractivity (Wildman–Crippen MR) is 88.7 cm³/mol. The van der Waals surface area contributed by atoms with E-state index in [1.165, 1.54) is 16.3 Å². The number of aromatic hydroxyl groups is 1. The van der Waals surface area contributed by atoms with Gasteiger partial charge in [-0.25, -0.2) is 0 Å². The standard InChI is InChI=1S/C19H19NO/c1-2-19(15-8-11-18(21)12-9-15)20-17-10-7-14-5-3-4-6-16(14)13-17/h3-13,19-21H,2H2,1H3. The third-order valence-corrected chi connectivity index (χ3v) is 3.79. The van der Waals surface area contributed by atoms with Crippen LogP contribution in [0.5, 0.6) is 5.75 Å². The van der Waals surface area contributed by atoms with Crippen LogP contribution in [0.2, 0.25) is 0 Å². The fourth-order valence-corrected chi connectivity index (χ4v) is 2.61. The van der Waals surface area contributed by atoms with Crippen molar-refractivity contribution < 1.29 is 5.11 Å². The fourth-order valence-electron chi connectivity index (χ4n) is 2.61. The van der Waals surface area contributed by atoms with Crippen LogP contribution in [0, 0.1) is 0 Å². The first-order valence-electron chi connectivity index (χ1n) is 7.30. The first-order chi connectivity index (χ1) is 10.3. The zero-order valence-electron chi connectivity index (χ0n) is 12.1. The fraction of sp³-hybridized carbons (Fsp3) is 0.158.